The number of nitrogens with one attached hydrogen (secondary N) is 1. The van der Waals surface area contributed by atoms with E-state index in [9.17, 15) is 4.39 Å². The molecule has 0 heterocycles. The van der Waals surface area contributed by atoms with Gasteiger partial charge in [-0.05, 0) is 30.2 Å². The summed E-state index contributed by atoms with van der Waals surface area (Å²) in [5.41, 5.74) is 4.47. The Morgan fingerprint density at radius 1 is 1.30 bits per heavy atom. The molecular weight excluding hydrogens is 279 g/mol. The first kappa shape index (κ1) is 14.8. The molecule has 3 N–H and O–H groups in total. The average Bonchev–Trinajstić information content (AvgIpc) is 2.45. The van der Waals surface area contributed by atoms with Gasteiger partial charge in [0.05, 0.1) is 18.2 Å². The van der Waals surface area contributed by atoms with Gasteiger partial charge in [0.1, 0.15) is 11.6 Å². The maximum Gasteiger partial charge on any atom is 0.137 e. The zero-order valence-electron chi connectivity index (χ0n) is 11.3. The van der Waals surface area contributed by atoms with E-state index in [0.29, 0.717) is 21.9 Å². The fraction of sp³-hybridized carbons (Fsp3) is 0.200. The summed E-state index contributed by atoms with van der Waals surface area (Å²) in [6.45, 7) is 1.72. The van der Waals surface area contributed by atoms with Crippen molar-refractivity contribution in [3.05, 3.63) is 63.9 Å². The molecule has 0 amide bonds. The number of benzene rings is 2. The van der Waals surface area contributed by atoms with Crippen molar-refractivity contribution in [2.24, 2.45) is 5.84 Å². The normalized spacial score (nSPS) is 12.2. The largest absolute Gasteiger partial charge is 0.495 e. The Hall–Kier alpha value is -1.62. The van der Waals surface area contributed by atoms with Gasteiger partial charge < -0.3 is 4.74 Å². The summed E-state index contributed by atoms with van der Waals surface area (Å²) < 4.78 is 19.4. The molecule has 0 aliphatic rings. The second kappa shape index (κ2) is 6.22. The van der Waals surface area contributed by atoms with E-state index >= 15 is 0 Å². The van der Waals surface area contributed by atoms with E-state index in [4.69, 9.17) is 22.2 Å². The molecule has 0 aromatic heterocycles. The molecule has 5 heteroatoms. The molecule has 0 aliphatic carbocycles. The van der Waals surface area contributed by atoms with Crippen LogP contribution in [0, 0.1) is 12.7 Å². The third-order valence-electron chi connectivity index (χ3n) is 3.21. The standard InChI is InChI=1S/C15H16ClFN2O/c1-9-4-3-5-11(14(9)17)15(19-18)10-6-7-12(16)13(8-10)20-2/h3-8,15,19H,18H2,1-2H3. The molecule has 0 saturated heterocycles. The number of aryl methyl sites for hydroxylation is 1. The van der Waals surface area contributed by atoms with Crippen molar-refractivity contribution in [3.63, 3.8) is 0 Å². The highest BCUT2D eigenvalue weighted by atomic mass is 35.5. The molecule has 0 bridgehead atoms. The molecule has 106 valence electrons. The summed E-state index contributed by atoms with van der Waals surface area (Å²) in [5, 5.41) is 0.497. The van der Waals surface area contributed by atoms with Crippen molar-refractivity contribution in [1.29, 1.82) is 0 Å². The second-order valence-corrected chi connectivity index (χ2v) is 4.88. The molecule has 20 heavy (non-hydrogen) atoms. The molecule has 2 aromatic carbocycles. The Balaban J connectivity index is 2.49. The molecule has 2 aromatic rings. The molecule has 2 rings (SSSR count). The van der Waals surface area contributed by atoms with Crippen molar-refractivity contribution in [1.82, 2.24) is 5.43 Å². The highest BCUT2D eigenvalue weighted by Gasteiger charge is 2.18. The molecule has 0 saturated carbocycles. The molecule has 1 atom stereocenters. The summed E-state index contributed by atoms with van der Waals surface area (Å²) in [6, 6.07) is 9.98. The number of halogens is 2. The molecule has 0 aliphatic heterocycles. The lowest BCUT2D eigenvalue weighted by atomic mass is 9.97. The van der Waals surface area contributed by atoms with Crippen LogP contribution < -0.4 is 16.0 Å². The van der Waals surface area contributed by atoms with Crippen LogP contribution in [0.1, 0.15) is 22.7 Å². The van der Waals surface area contributed by atoms with Crippen molar-refractivity contribution in [3.8, 4) is 5.75 Å². The third kappa shape index (κ3) is 2.77. The third-order valence-corrected chi connectivity index (χ3v) is 3.52. The Kier molecular flexibility index (Phi) is 4.60. The predicted octanol–water partition coefficient (Wildman–Crippen LogP) is 3.35. The minimum absolute atomic E-state index is 0.274. The number of ether oxygens (including phenoxy) is 1. The zero-order chi connectivity index (χ0) is 14.7. The minimum Gasteiger partial charge on any atom is -0.495 e. The number of nitrogens with two attached hydrogens (primary N) is 1. The maximum absolute atomic E-state index is 14.2. The minimum atomic E-state index is -0.471. The first-order valence-corrected chi connectivity index (χ1v) is 6.51. The highest BCUT2D eigenvalue weighted by molar-refractivity contribution is 6.32. The second-order valence-electron chi connectivity index (χ2n) is 4.47. The van der Waals surface area contributed by atoms with Crippen molar-refractivity contribution in [2.45, 2.75) is 13.0 Å². The molecule has 1 unspecified atom stereocenters. The lowest BCUT2D eigenvalue weighted by Crippen LogP contribution is -2.29. The highest BCUT2D eigenvalue weighted by Crippen LogP contribution is 2.31. The van der Waals surface area contributed by atoms with E-state index in [0.717, 1.165) is 5.56 Å². The van der Waals surface area contributed by atoms with Crippen LogP contribution in [0.2, 0.25) is 5.02 Å². The lowest BCUT2D eigenvalue weighted by Gasteiger charge is -2.19. The number of rotatable bonds is 4. The lowest BCUT2D eigenvalue weighted by molar-refractivity contribution is 0.413. The van der Waals surface area contributed by atoms with Crippen LogP contribution in [0.3, 0.4) is 0 Å². The molecule has 0 spiro atoms. The summed E-state index contributed by atoms with van der Waals surface area (Å²) in [5.74, 6) is 5.85. The van der Waals surface area contributed by atoms with Crippen LogP contribution in [0.4, 0.5) is 4.39 Å². The fourth-order valence-corrected chi connectivity index (χ4v) is 2.31. The van der Waals surface area contributed by atoms with Gasteiger partial charge in [-0.1, -0.05) is 35.9 Å². The van der Waals surface area contributed by atoms with Crippen LogP contribution in [0.5, 0.6) is 5.75 Å². The van der Waals surface area contributed by atoms with Gasteiger partial charge in [-0.3, -0.25) is 5.84 Å². The van der Waals surface area contributed by atoms with Crippen LogP contribution in [-0.2, 0) is 0 Å². The van der Waals surface area contributed by atoms with E-state index in [-0.39, 0.29) is 5.82 Å². The summed E-state index contributed by atoms with van der Waals surface area (Å²) in [6.07, 6.45) is 0. The summed E-state index contributed by atoms with van der Waals surface area (Å²) in [4.78, 5) is 0. The zero-order valence-corrected chi connectivity index (χ0v) is 12.0. The van der Waals surface area contributed by atoms with Crippen molar-refractivity contribution >= 4 is 11.6 Å². The molecule has 0 fully saturated rings. The summed E-state index contributed by atoms with van der Waals surface area (Å²) in [7, 11) is 1.53. The van der Waals surface area contributed by atoms with E-state index in [1.807, 2.05) is 0 Å². The number of hydrogen-bond donors (Lipinski definition) is 2. The van der Waals surface area contributed by atoms with Gasteiger partial charge in [-0.25, -0.2) is 9.82 Å². The number of hydrazine groups is 1. The van der Waals surface area contributed by atoms with Gasteiger partial charge in [0.15, 0.2) is 0 Å². The van der Waals surface area contributed by atoms with Gasteiger partial charge in [0.2, 0.25) is 0 Å². The van der Waals surface area contributed by atoms with Gasteiger partial charge in [-0.2, -0.15) is 0 Å². The van der Waals surface area contributed by atoms with E-state index in [1.165, 1.54) is 7.11 Å². The van der Waals surface area contributed by atoms with Crippen LogP contribution in [0.15, 0.2) is 36.4 Å². The van der Waals surface area contributed by atoms with Gasteiger partial charge in [-0.15, -0.1) is 0 Å². The Bertz CT molecular complexity index is 619. The first-order chi connectivity index (χ1) is 9.58. The quantitative estimate of drug-likeness (QED) is 0.671. The van der Waals surface area contributed by atoms with Crippen molar-refractivity contribution in [2.75, 3.05) is 7.11 Å². The summed E-state index contributed by atoms with van der Waals surface area (Å²) >= 11 is 6.00. The molecular formula is C15H16ClFN2O. The Morgan fingerprint density at radius 3 is 2.70 bits per heavy atom. The average molecular weight is 295 g/mol. The van der Waals surface area contributed by atoms with Gasteiger partial charge >= 0.3 is 0 Å². The van der Waals surface area contributed by atoms with Crippen molar-refractivity contribution < 1.29 is 9.13 Å². The number of methoxy groups -OCH3 is 1. The monoisotopic (exact) mass is 294 g/mol. The topological polar surface area (TPSA) is 47.3 Å². The molecule has 3 nitrogen and oxygen atoms in total. The van der Waals surface area contributed by atoms with Crippen LogP contribution in [-0.4, -0.2) is 7.11 Å². The van der Waals surface area contributed by atoms with Crippen LogP contribution >= 0.6 is 11.6 Å². The number of hydrogen-bond acceptors (Lipinski definition) is 3. The van der Waals surface area contributed by atoms with Crippen LogP contribution in [0.25, 0.3) is 0 Å². The van der Waals surface area contributed by atoms with E-state index < -0.39 is 6.04 Å². The Morgan fingerprint density at radius 2 is 2.05 bits per heavy atom. The fourth-order valence-electron chi connectivity index (χ4n) is 2.11. The SMILES string of the molecule is COc1cc(C(NN)c2cccc(C)c2F)ccc1Cl. The smallest absolute Gasteiger partial charge is 0.137 e. The molecule has 0 radical (unpaired) electrons. The van der Waals surface area contributed by atoms with Gasteiger partial charge in [0.25, 0.3) is 0 Å². The van der Waals surface area contributed by atoms with E-state index in [2.05, 4.69) is 5.43 Å². The van der Waals surface area contributed by atoms with Gasteiger partial charge in [0, 0.05) is 5.56 Å². The van der Waals surface area contributed by atoms with E-state index in [1.54, 1.807) is 43.3 Å². The Labute approximate surface area is 122 Å². The first-order valence-electron chi connectivity index (χ1n) is 6.13. The predicted molar refractivity (Wildman–Crippen MR) is 78.3 cm³/mol. The maximum atomic E-state index is 14.2.